The van der Waals surface area contributed by atoms with E-state index in [1.54, 1.807) is 27.9 Å². The Balaban J connectivity index is 2.51. The van der Waals surface area contributed by atoms with Crippen LogP contribution in [0.15, 0.2) is 18.2 Å². The molecular weight excluding hydrogens is 292 g/mol. The van der Waals surface area contributed by atoms with Gasteiger partial charge in [-0.2, -0.15) is 0 Å². The van der Waals surface area contributed by atoms with Gasteiger partial charge in [-0.05, 0) is 18.6 Å². The van der Waals surface area contributed by atoms with Crippen LogP contribution in [0.3, 0.4) is 0 Å². The zero-order valence-electron chi connectivity index (χ0n) is 13.1. The maximum Gasteiger partial charge on any atom is 0.315 e. The van der Waals surface area contributed by atoms with Gasteiger partial charge in [-0.25, -0.2) is 13.6 Å². The third-order valence-corrected chi connectivity index (χ3v) is 3.22. The smallest absolute Gasteiger partial charge is 0.315 e. The van der Waals surface area contributed by atoms with E-state index in [2.05, 4.69) is 10.6 Å². The molecule has 0 saturated heterocycles. The van der Waals surface area contributed by atoms with Crippen LogP contribution in [-0.2, 0) is 4.79 Å². The van der Waals surface area contributed by atoms with Gasteiger partial charge in [-0.3, -0.25) is 4.79 Å². The van der Waals surface area contributed by atoms with Gasteiger partial charge in [0.1, 0.15) is 17.7 Å². The molecule has 5 nitrogen and oxygen atoms in total. The van der Waals surface area contributed by atoms with Crippen molar-refractivity contribution in [2.24, 2.45) is 0 Å². The molecule has 122 valence electrons. The summed E-state index contributed by atoms with van der Waals surface area (Å²) in [6.07, 6.45) is 0. The van der Waals surface area contributed by atoms with Gasteiger partial charge in [0, 0.05) is 32.6 Å². The van der Waals surface area contributed by atoms with Crippen LogP contribution in [0.1, 0.15) is 25.3 Å². The average Bonchev–Trinajstić information content (AvgIpc) is 2.43. The van der Waals surface area contributed by atoms with E-state index in [4.69, 9.17) is 0 Å². The summed E-state index contributed by atoms with van der Waals surface area (Å²) < 4.78 is 26.5. The van der Waals surface area contributed by atoms with Crippen molar-refractivity contribution >= 4 is 11.9 Å². The number of halogens is 2. The van der Waals surface area contributed by atoms with Crippen molar-refractivity contribution in [1.82, 2.24) is 15.5 Å². The molecule has 1 aromatic carbocycles. The second kappa shape index (κ2) is 7.72. The van der Waals surface area contributed by atoms with Crippen LogP contribution in [0.25, 0.3) is 0 Å². The molecule has 0 heterocycles. The third-order valence-electron chi connectivity index (χ3n) is 3.22. The number of carbonyl (C=O) groups excluding carboxylic acids is 2. The first-order valence-electron chi connectivity index (χ1n) is 6.92. The number of rotatable bonds is 5. The van der Waals surface area contributed by atoms with Crippen molar-refractivity contribution in [2.45, 2.75) is 25.8 Å². The molecule has 1 rings (SSSR count). The predicted octanol–water partition coefficient (Wildman–Crippen LogP) is 1.84. The van der Waals surface area contributed by atoms with Crippen LogP contribution in [0, 0.1) is 11.6 Å². The van der Waals surface area contributed by atoms with E-state index in [-0.39, 0.29) is 18.4 Å². The summed E-state index contributed by atoms with van der Waals surface area (Å²) in [5.74, 6) is -1.85. The second-order valence-electron chi connectivity index (χ2n) is 5.38. The van der Waals surface area contributed by atoms with Gasteiger partial charge in [0.05, 0.1) is 0 Å². The highest BCUT2D eigenvalue weighted by molar-refractivity contribution is 5.86. The van der Waals surface area contributed by atoms with Crippen molar-refractivity contribution in [3.63, 3.8) is 0 Å². The molecule has 1 aromatic rings. The first kappa shape index (κ1) is 17.9. The fraction of sp³-hybridized carbons (Fsp3) is 0.467. The molecule has 2 atom stereocenters. The molecule has 0 aliphatic carbocycles. The number of hydrogen-bond donors (Lipinski definition) is 2. The zero-order valence-corrected chi connectivity index (χ0v) is 13.1. The van der Waals surface area contributed by atoms with Crippen LogP contribution in [0.4, 0.5) is 13.6 Å². The lowest BCUT2D eigenvalue weighted by molar-refractivity contribution is -0.130. The van der Waals surface area contributed by atoms with E-state index in [0.29, 0.717) is 5.56 Å². The molecular formula is C15H21F2N3O2. The van der Waals surface area contributed by atoms with Crippen LogP contribution in [0.5, 0.6) is 0 Å². The molecule has 0 bridgehead atoms. The lowest BCUT2D eigenvalue weighted by Crippen LogP contribution is -2.48. The quantitative estimate of drug-likeness (QED) is 0.871. The van der Waals surface area contributed by atoms with Crippen LogP contribution in [-0.4, -0.2) is 43.5 Å². The van der Waals surface area contributed by atoms with Gasteiger partial charge >= 0.3 is 6.03 Å². The number of amides is 3. The van der Waals surface area contributed by atoms with Gasteiger partial charge in [0.25, 0.3) is 0 Å². The van der Waals surface area contributed by atoms with Crippen molar-refractivity contribution in [2.75, 3.05) is 20.6 Å². The Hall–Kier alpha value is -2.18. The SMILES string of the molecule is C[C@H](NC(=O)NC[C@H](C)c1ccc(F)cc1F)C(=O)N(C)C. The topological polar surface area (TPSA) is 61.4 Å². The van der Waals surface area contributed by atoms with Gasteiger partial charge in [-0.15, -0.1) is 0 Å². The zero-order chi connectivity index (χ0) is 16.9. The lowest BCUT2D eigenvalue weighted by atomic mass is 10.0. The summed E-state index contributed by atoms with van der Waals surface area (Å²) in [6.45, 7) is 3.45. The number of nitrogens with zero attached hydrogens (tertiary/aromatic N) is 1. The Morgan fingerprint density at radius 3 is 2.41 bits per heavy atom. The maximum absolute atomic E-state index is 13.6. The fourth-order valence-corrected chi connectivity index (χ4v) is 1.95. The van der Waals surface area contributed by atoms with Crippen LogP contribution in [0.2, 0.25) is 0 Å². The van der Waals surface area contributed by atoms with E-state index >= 15 is 0 Å². The molecule has 2 N–H and O–H groups in total. The van der Waals surface area contributed by atoms with Crippen LogP contribution < -0.4 is 10.6 Å². The summed E-state index contributed by atoms with van der Waals surface area (Å²) in [6, 6.07) is 2.16. The molecule has 0 radical (unpaired) electrons. The maximum atomic E-state index is 13.6. The summed E-state index contributed by atoms with van der Waals surface area (Å²) >= 11 is 0. The van der Waals surface area contributed by atoms with E-state index in [1.165, 1.54) is 17.0 Å². The molecule has 0 saturated carbocycles. The molecule has 3 amide bonds. The second-order valence-corrected chi connectivity index (χ2v) is 5.38. The number of likely N-dealkylation sites (N-methyl/N-ethyl adjacent to an activating group) is 1. The number of carbonyl (C=O) groups is 2. The monoisotopic (exact) mass is 313 g/mol. The van der Waals surface area contributed by atoms with Gasteiger partial charge < -0.3 is 15.5 Å². The highest BCUT2D eigenvalue weighted by Crippen LogP contribution is 2.19. The molecule has 0 unspecified atom stereocenters. The summed E-state index contributed by atoms with van der Waals surface area (Å²) in [5, 5.41) is 5.06. The molecule has 0 spiro atoms. The van der Waals surface area contributed by atoms with E-state index in [0.717, 1.165) is 6.07 Å². The third kappa shape index (κ3) is 4.98. The fourth-order valence-electron chi connectivity index (χ4n) is 1.95. The predicted molar refractivity (Wildman–Crippen MR) is 79.5 cm³/mol. The standard InChI is InChI=1S/C15H21F2N3O2/c1-9(12-6-5-11(16)7-13(12)17)8-18-15(22)19-10(2)14(21)20(3)4/h5-7,9-10H,8H2,1-4H3,(H2,18,19,22)/t9-,10-/m0/s1. The lowest BCUT2D eigenvalue weighted by Gasteiger charge is -2.19. The van der Waals surface area contributed by atoms with Gasteiger partial charge in [-0.1, -0.05) is 13.0 Å². The Labute approximate surface area is 128 Å². The number of hydrogen-bond acceptors (Lipinski definition) is 2. The van der Waals surface area contributed by atoms with Gasteiger partial charge in [0.15, 0.2) is 0 Å². The van der Waals surface area contributed by atoms with Gasteiger partial charge in [0.2, 0.25) is 5.91 Å². The molecule has 22 heavy (non-hydrogen) atoms. The summed E-state index contributed by atoms with van der Waals surface area (Å²) in [5.41, 5.74) is 0.319. The molecule has 0 aliphatic heterocycles. The average molecular weight is 313 g/mol. The normalized spacial score (nSPS) is 13.2. The minimum atomic E-state index is -0.659. The minimum Gasteiger partial charge on any atom is -0.347 e. The largest absolute Gasteiger partial charge is 0.347 e. The first-order valence-corrected chi connectivity index (χ1v) is 6.92. The van der Waals surface area contributed by atoms with E-state index in [1.807, 2.05) is 0 Å². The van der Waals surface area contributed by atoms with Crippen molar-refractivity contribution in [3.8, 4) is 0 Å². The molecule has 0 fully saturated rings. The number of urea groups is 1. The Kier molecular flexibility index (Phi) is 6.27. The molecule has 0 aromatic heterocycles. The van der Waals surface area contributed by atoms with Crippen molar-refractivity contribution < 1.29 is 18.4 Å². The molecule has 0 aliphatic rings. The van der Waals surface area contributed by atoms with Crippen molar-refractivity contribution in [1.29, 1.82) is 0 Å². The van der Waals surface area contributed by atoms with E-state index < -0.39 is 23.7 Å². The van der Waals surface area contributed by atoms with Crippen LogP contribution >= 0.6 is 0 Å². The Morgan fingerprint density at radius 2 is 1.86 bits per heavy atom. The number of nitrogens with one attached hydrogen (secondary N) is 2. The Morgan fingerprint density at radius 1 is 1.23 bits per heavy atom. The first-order chi connectivity index (χ1) is 10.2. The summed E-state index contributed by atoms with van der Waals surface area (Å²) in [7, 11) is 3.19. The van der Waals surface area contributed by atoms with Crippen molar-refractivity contribution in [3.05, 3.63) is 35.4 Å². The van der Waals surface area contributed by atoms with E-state index in [9.17, 15) is 18.4 Å². The minimum absolute atomic E-state index is 0.164. The number of benzene rings is 1. The highest BCUT2D eigenvalue weighted by Gasteiger charge is 2.18. The molecule has 7 heteroatoms. The summed E-state index contributed by atoms with van der Waals surface area (Å²) in [4.78, 5) is 24.7. The Bertz CT molecular complexity index is 550. The highest BCUT2D eigenvalue weighted by atomic mass is 19.1.